The van der Waals surface area contributed by atoms with Crippen molar-refractivity contribution in [2.24, 2.45) is 0 Å². The Bertz CT molecular complexity index is 1230. The fraction of sp³-hybridized carbons (Fsp3) is 0.238. The van der Waals surface area contributed by atoms with Gasteiger partial charge in [-0.3, -0.25) is 9.36 Å². The third-order valence-corrected chi connectivity index (χ3v) is 5.38. The predicted octanol–water partition coefficient (Wildman–Crippen LogP) is 3.94. The van der Waals surface area contributed by atoms with Crippen LogP contribution in [0.5, 0.6) is 5.75 Å². The Labute approximate surface area is 171 Å². The molecule has 0 aliphatic rings. The van der Waals surface area contributed by atoms with E-state index in [-0.39, 0.29) is 5.56 Å². The van der Waals surface area contributed by atoms with E-state index in [0.717, 1.165) is 5.56 Å². The smallest absolute Gasteiger partial charge is 0.266 e. The van der Waals surface area contributed by atoms with Crippen molar-refractivity contribution in [2.75, 3.05) is 7.11 Å². The van der Waals surface area contributed by atoms with E-state index < -0.39 is 0 Å². The molecule has 0 unspecified atom stereocenters. The lowest BCUT2D eigenvalue weighted by Crippen LogP contribution is -2.22. The molecule has 8 heteroatoms. The number of ether oxygens (including phenoxy) is 1. The predicted molar refractivity (Wildman–Crippen MR) is 112 cm³/mol. The first-order valence-corrected chi connectivity index (χ1v) is 10.2. The van der Waals surface area contributed by atoms with Crippen LogP contribution < -0.4 is 10.3 Å². The van der Waals surface area contributed by atoms with Crippen molar-refractivity contribution < 1.29 is 9.15 Å². The topological polar surface area (TPSA) is 83.0 Å². The van der Waals surface area contributed by atoms with Crippen LogP contribution >= 0.6 is 11.8 Å². The van der Waals surface area contributed by atoms with E-state index in [0.29, 0.717) is 51.5 Å². The van der Waals surface area contributed by atoms with Crippen LogP contribution in [0.25, 0.3) is 16.6 Å². The van der Waals surface area contributed by atoms with Crippen LogP contribution in [0.2, 0.25) is 0 Å². The standard InChI is InChI=1S/C21H20N4O3S/c1-4-18-23-24-19(28-18)12-29-21-22-15-8-6-5-7-14(15)20(26)25(21)16-11-13(2)9-10-17(16)27-3/h5-11H,4,12H2,1-3H3. The Morgan fingerprint density at radius 2 is 1.93 bits per heavy atom. The summed E-state index contributed by atoms with van der Waals surface area (Å²) in [5.74, 6) is 2.09. The normalized spacial score (nSPS) is 11.1. The lowest BCUT2D eigenvalue weighted by atomic mass is 10.2. The SMILES string of the molecule is CCc1nnc(CSc2nc3ccccc3c(=O)n2-c2cc(C)ccc2OC)o1. The highest BCUT2D eigenvalue weighted by Crippen LogP contribution is 2.29. The van der Waals surface area contributed by atoms with Gasteiger partial charge in [0.1, 0.15) is 5.75 Å². The van der Waals surface area contributed by atoms with Crippen molar-refractivity contribution in [2.45, 2.75) is 31.2 Å². The van der Waals surface area contributed by atoms with E-state index in [2.05, 4.69) is 10.2 Å². The molecule has 0 bridgehead atoms. The Morgan fingerprint density at radius 3 is 2.69 bits per heavy atom. The van der Waals surface area contributed by atoms with Crippen LogP contribution in [-0.4, -0.2) is 26.9 Å². The van der Waals surface area contributed by atoms with Gasteiger partial charge >= 0.3 is 0 Å². The van der Waals surface area contributed by atoms with Crippen molar-refractivity contribution >= 4 is 22.7 Å². The molecule has 2 heterocycles. The van der Waals surface area contributed by atoms with Gasteiger partial charge in [0.05, 0.1) is 29.5 Å². The Hall–Kier alpha value is -3.13. The molecule has 0 aliphatic heterocycles. The van der Waals surface area contributed by atoms with Gasteiger partial charge in [0.25, 0.3) is 5.56 Å². The number of aromatic nitrogens is 4. The molecule has 7 nitrogen and oxygen atoms in total. The van der Waals surface area contributed by atoms with Gasteiger partial charge in [0, 0.05) is 6.42 Å². The average molecular weight is 408 g/mol. The second kappa shape index (κ2) is 8.08. The average Bonchev–Trinajstić information content (AvgIpc) is 3.20. The second-order valence-electron chi connectivity index (χ2n) is 6.46. The van der Waals surface area contributed by atoms with Gasteiger partial charge < -0.3 is 9.15 Å². The van der Waals surface area contributed by atoms with E-state index in [4.69, 9.17) is 14.1 Å². The summed E-state index contributed by atoms with van der Waals surface area (Å²) in [6, 6.07) is 13.0. The third-order valence-electron chi connectivity index (χ3n) is 4.46. The van der Waals surface area contributed by atoms with Crippen LogP contribution in [0, 0.1) is 6.92 Å². The minimum atomic E-state index is -0.151. The highest BCUT2D eigenvalue weighted by molar-refractivity contribution is 7.98. The zero-order valence-corrected chi connectivity index (χ0v) is 17.2. The molecule has 0 amide bonds. The lowest BCUT2D eigenvalue weighted by molar-refractivity contribution is 0.411. The molecular formula is C21H20N4O3S. The molecule has 2 aromatic carbocycles. The molecule has 0 radical (unpaired) electrons. The molecule has 0 aliphatic carbocycles. The third kappa shape index (κ3) is 3.75. The maximum atomic E-state index is 13.4. The van der Waals surface area contributed by atoms with E-state index in [1.54, 1.807) is 17.7 Å². The molecule has 29 heavy (non-hydrogen) atoms. The van der Waals surface area contributed by atoms with Crippen LogP contribution in [0.3, 0.4) is 0 Å². The summed E-state index contributed by atoms with van der Waals surface area (Å²) in [4.78, 5) is 18.1. The summed E-state index contributed by atoms with van der Waals surface area (Å²) in [5, 5.41) is 9.14. The van der Waals surface area contributed by atoms with Crippen LogP contribution in [-0.2, 0) is 12.2 Å². The summed E-state index contributed by atoms with van der Waals surface area (Å²) in [6.07, 6.45) is 0.678. The zero-order valence-electron chi connectivity index (χ0n) is 16.4. The minimum absolute atomic E-state index is 0.151. The summed E-state index contributed by atoms with van der Waals surface area (Å²) in [7, 11) is 1.59. The van der Waals surface area contributed by atoms with Crippen molar-refractivity contribution in [3.63, 3.8) is 0 Å². The molecule has 2 aromatic heterocycles. The van der Waals surface area contributed by atoms with E-state index in [1.807, 2.05) is 50.2 Å². The van der Waals surface area contributed by atoms with Crippen molar-refractivity contribution in [1.29, 1.82) is 0 Å². The molecule has 0 saturated heterocycles. The Morgan fingerprint density at radius 1 is 1.14 bits per heavy atom. The fourth-order valence-electron chi connectivity index (χ4n) is 3.01. The molecule has 0 fully saturated rings. The molecule has 0 saturated carbocycles. The van der Waals surface area contributed by atoms with Gasteiger partial charge in [-0.25, -0.2) is 4.98 Å². The van der Waals surface area contributed by atoms with Crippen molar-refractivity contribution in [1.82, 2.24) is 19.7 Å². The molecule has 0 spiro atoms. The minimum Gasteiger partial charge on any atom is -0.495 e. The molecule has 0 atom stereocenters. The number of rotatable bonds is 6. The number of methoxy groups -OCH3 is 1. The van der Waals surface area contributed by atoms with Gasteiger partial charge in [-0.2, -0.15) is 0 Å². The number of hydrogen-bond donors (Lipinski definition) is 0. The van der Waals surface area contributed by atoms with Crippen LogP contribution in [0.1, 0.15) is 24.3 Å². The highest BCUT2D eigenvalue weighted by Gasteiger charge is 2.18. The van der Waals surface area contributed by atoms with Crippen molar-refractivity contribution in [3.8, 4) is 11.4 Å². The second-order valence-corrected chi connectivity index (χ2v) is 7.40. The van der Waals surface area contributed by atoms with E-state index in [1.165, 1.54) is 11.8 Å². The van der Waals surface area contributed by atoms with Crippen LogP contribution in [0.4, 0.5) is 0 Å². The summed E-state index contributed by atoms with van der Waals surface area (Å²) < 4.78 is 12.7. The Kier molecular flexibility index (Phi) is 5.35. The number of fused-ring (bicyclic) bond motifs is 1. The largest absolute Gasteiger partial charge is 0.495 e. The number of benzene rings is 2. The maximum absolute atomic E-state index is 13.4. The van der Waals surface area contributed by atoms with Gasteiger partial charge in [-0.15, -0.1) is 10.2 Å². The molecule has 0 N–H and O–H groups in total. The highest BCUT2D eigenvalue weighted by atomic mass is 32.2. The number of nitrogens with zero attached hydrogens (tertiary/aromatic N) is 4. The quantitative estimate of drug-likeness (QED) is 0.353. The van der Waals surface area contributed by atoms with E-state index >= 15 is 0 Å². The van der Waals surface area contributed by atoms with Gasteiger partial charge in [0.2, 0.25) is 11.8 Å². The van der Waals surface area contributed by atoms with Crippen molar-refractivity contribution in [3.05, 3.63) is 70.2 Å². The molecular weight excluding hydrogens is 388 g/mol. The lowest BCUT2D eigenvalue weighted by Gasteiger charge is -2.16. The number of aryl methyl sites for hydroxylation is 2. The first-order valence-electron chi connectivity index (χ1n) is 9.21. The molecule has 148 valence electrons. The zero-order chi connectivity index (χ0) is 20.4. The van der Waals surface area contributed by atoms with Gasteiger partial charge in [0.15, 0.2) is 5.16 Å². The fourth-order valence-corrected chi connectivity index (χ4v) is 3.85. The number of para-hydroxylation sites is 1. The Balaban J connectivity index is 1.87. The first kappa shape index (κ1) is 19.2. The maximum Gasteiger partial charge on any atom is 0.266 e. The van der Waals surface area contributed by atoms with E-state index in [9.17, 15) is 4.79 Å². The van der Waals surface area contributed by atoms with Gasteiger partial charge in [-0.05, 0) is 36.8 Å². The van der Waals surface area contributed by atoms with Crippen LogP contribution in [0.15, 0.2) is 56.8 Å². The summed E-state index contributed by atoms with van der Waals surface area (Å²) >= 11 is 1.37. The number of thioether (sulfide) groups is 1. The summed E-state index contributed by atoms with van der Waals surface area (Å²) in [5.41, 5.74) is 2.16. The number of hydrogen-bond acceptors (Lipinski definition) is 7. The van der Waals surface area contributed by atoms with Gasteiger partial charge in [-0.1, -0.05) is 36.9 Å². The summed E-state index contributed by atoms with van der Waals surface area (Å²) in [6.45, 7) is 3.93. The monoisotopic (exact) mass is 408 g/mol. The molecule has 4 rings (SSSR count). The first-order chi connectivity index (χ1) is 14.1. The molecule has 4 aromatic rings.